The molecule has 4 rings (SSSR count). The van der Waals surface area contributed by atoms with E-state index in [-0.39, 0.29) is 5.91 Å². The zero-order chi connectivity index (χ0) is 17.2. The van der Waals surface area contributed by atoms with Crippen molar-refractivity contribution in [3.63, 3.8) is 0 Å². The summed E-state index contributed by atoms with van der Waals surface area (Å²) in [5.74, 6) is 0.0359. The number of aromatic nitrogens is 4. The molecule has 0 saturated carbocycles. The molecular formula is C18H19N5OS. The van der Waals surface area contributed by atoms with E-state index >= 15 is 0 Å². The van der Waals surface area contributed by atoms with E-state index in [4.69, 9.17) is 0 Å². The van der Waals surface area contributed by atoms with Crippen molar-refractivity contribution < 1.29 is 4.79 Å². The summed E-state index contributed by atoms with van der Waals surface area (Å²) in [6, 6.07) is 10.0. The molecule has 0 fully saturated rings. The van der Waals surface area contributed by atoms with Crippen LogP contribution in [0.15, 0.2) is 36.7 Å². The van der Waals surface area contributed by atoms with Gasteiger partial charge in [-0.3, -0.25) is 4.79 Å². The summed E-state index contributed by atoms with van der Waals surface area (Å²) in [6.07, 6.45) is 5.85. The van der Waals surface area contributed by atoms with Crippen molar-refractivity contribution in [3.8, 4) is 5.00 Å². The summed E-state index contributed by atoms with van der Waals surface area (Å²) in [4.78, 5) is 16.3. The fourth-order valence-corrected chi connectivity index (χ4v) is 4.60. The molecule has 0 saturated heterocycles. The number of benzene rings is 1. The molecular weight excluding hydrogens is 334 g/mol. The Labute approximate surface area is 150 Å². The minimum absolute atomic E-state index is 0.0359. The Bertz CT molecular complexity index is 873. The summed E-state index contributed by atoms with van der Waals surface area (Å²) in [5.41, 5.74) is 3.07. The van der Waals surface area contributed by atoms with E-state index in [0.29, 0.717) is 6.54 Å². The lowest BCUT2D eigenvalue weighted by molar-refractivity contribution is 0.0784. The van der Waals surface area contributed by atoms with Gasteiger partial charge in [0, 0.05) is 18.5 Å². The molecule has 0 radical (unpaired) electrons. The van der Waals surface area contributed by atoms with Gasteiger partial charge in [0.2, 0.25) is 0 Å². The van der Waals surface area contributed by atoms with Gasteiger partial charge in [0.1, 0.15) is 11.3 Å². The smallest absolute Gasteiger partial charge is 0.257 e. The molecule has 0 bridgehead atoms. The second-order valence-electron chi connectivity index (χ2n) is 6.29. The average Bonchev–Trinajstić information content (AvgIpc) is 3.29. The van der Waals surface area contributed by atoms with Gasteiger partial charge in [-0.2, -0.15) is 4.68 Å². The Morgan fingerprint density at radius 3 is 2.80 bits per heavy atom. The van der Waals surface area contributed by atoms with Crippen LogP contribution >= 0.6 is 11.3 Å². The van der Waals surface area contributed by atoms with Gasteiger partial charge in [-0.15, -0.1) is 16.4 Å². The number of aryl methyl sites for hydroxylation is 1. The van der Waals surface area contributed by atoms with E-state index in [1.54, 1.807) is 27.2 Å². The molecule has 2 aromatic heterocycles. The summed E-state index contributed by atoms with van der Waals surface area (Å²) in [6.45, 7) is 0.583. The molecule has 1 aromatic carbocycles. The van der Waals surface area contributed by atoms with Crippen LogP contribution in [0.1, 0.15) is 39.2 Å². The topological polar surface area (TPSA) is 63.9 Å². The molecule has 128 valence electrons. The third-order valence-corrected chi connectivity index (χ3v) is 5.81. The molecule has 25 heavy (non-hydrogen) atoms. The lowest BCUT2D eigenvalue weighted by Crippen LogP contribution is -2.28. The van der Waals surface area contributed by atoms with Crippen LogP contribution in [0.4, 0.5) is 0 Å². The Morgan fingerprint density at radius 1 is 1.24 bits per heavy atom. The molecule has 0 N–H and O–H groups in total. The first-order chi connectivity index (χ1) is 12.2. The molecule has 3 aromatic rings. The fourth-order valence-electron chi connectivity index (χ4n) is 3.31. The number of hydrogen-bond donors (Lipinski definition) is 0. The van der Waals surface area contributed by atoms with Crippen molar-refractivity contribution >= 4 is 17.2 Å². The highest BCUT2D eigenvalue weighted by atomic mass is 32.1. The number of tetrazole rings is 1. The van der Waals surface area contributed by atoms with Gasteiger partial charge >= 0.3 is 0 Å². The lowest BCUT2D eigenvalue weighted by Gasteiger charge is -2.20. The van der Waals surface area contributed by atoms with Crippen molar-refractivity contribution in [1.29, 1.82) is 0 Å². The molecule has 1 aliphatic carbocycles. The van der Waals surface area contributed by atoms with E-state index in [1.807, 2.05) is 37.4 Å². The quantitative estimate of drug-likeness (QED) is 0.723. The largest absolute Gasteiger partial charge is 0.337 e. The minimum Gasteiger partial charge on any atom is -0.337 e. The van der Waals surface area contributed by atoms with E-state index in [1.165, 1.54) is 16.9 Å². The number of rotatable bonds is 4. The molecule has 0 atom stereocenters. The monoisotopic (exact) mass is 353 g/mol. The third kappa shape index (κ3) is 3.07. The van der Waals surface area contributed by atoms with Crippen molar-refractivity contribution in [2.45, 2.75) is 32.2 Å². The van der Waals surface area contributed by atoms with Crippen molar-refractivity contribution in [3.05, 3.63) is 58.2 Å². The van der Waals surface area contributed by atoms with E-state index in [2.05, 4.69) is 15.5 Å². The summed E-state index contributed by atoms with van der Waals surface area (Å²) in [5, 5.41) is 12.3. The first-order valence-corrected chi connectivity index (χ1v) is 9.23. The number of hydrogen-bond acceptors (Lipinski definition) is 5. The van der Waals surface area contributed by atoms with Crippen LogP contribution in [0.5, 0.6) is 0 Å². The van der Waals surface area contributed by atoms with E-state index < -0.39 is 0 Å². The van der Waals surface area contributed by atoms with Crippen molar-refractivity contribution in [1.82, 2.24) is 25.1 Å². The van der Waals surface area contributed by atoms with Gasteiger partial charge < -0.3 is 4.90 Å². The molecule has 0 unspecified atom stereocenters. The number of fused-ring (bicyclic) bond motifs is 1. The van der Waals surface area contributed by atoms with E-state index in [0.717, 1.165) is 35.4 Å². The Morgan fingerprint density at radius 2 is 2.04 bits per heavy atom. The van der Waals surface area contributed by atoms with Crippen LogP contribution in [-0.4, -0.2) is 38.1 Å². The van der Waals surface area contributed by atoms with Gasteiger partial charge in [0.05, 0.1) is 5.56 Å². The van der Waals surface area contributed by atoms with Gasteiger partial charge in [0.15, 0.2) is 0 Å². The van der Waals surface area contributed by atoms with Gasteiger partial charge in [-0.1, -0.05) is 30.3 Å². The molecule has 0 aliphatic heterocycles. The summed E-state index contributed by atoms with van der Waals surface area (Å²) in [7, 11) is 1.85. The minimum atomic E-state index is 0.0359. The summed E-state index contributed by atoms with van der Waals surface area (Å²) < 4.78 is 1.62. The molecule has 6 nitrogen and oxygen atoms in total. The van der Waals surface area contributed by atoms with Crippen molar-refractivity contribution in [2.24, 2.45) is 0 Å². The van der Waals surface area contributed by atoms with Crippen LogP contribution in [-0.2, 0) is 19.4 Å². The lowest BCUT2D eigenvalue weighted by atomic mass is 9.95. The van der Waals surface area contributed by atoms with Crippen LogP contribution in [0.3, 0.4) is 0 Å². The molecule has 0 spiro atoms. The predicted octanol–water partition coefficient (Wildman–Crippen LogP) is 2.87. The van der Waals surface area contributed by atoms with Gasteiger partial charge in [-0.05, 0) is 47.2 Å². The molecule has 2 heterocycles. The van der Waals surface area contributed by atoms with E-state index in [9.17, 15) is 4.79 Å². The molecule has 1 aliphatic rings. The zero-order valence-electron chi connectivity index (χ0n) is 14.1. The number of thiophene rings is 1. The highest BCUT2D eigenvalue weighted by Crippen LogP contribution is 2.37. The maximum Gasteiger partial charge on any atom is 0.257 e. The molecule has 1 amide bonds. The Hall–Kier alpha value is -2.54. The number of amides is 1. The van der Waals surface area contributed by atoms with Gasteiger partial charge in [0.25, 0.3) is 5.91 Å². The zero-order valence-corrected chi connectivity index (χ0v) is 14.9. The first kappa shape index (κ1) is 16.0. The van der Waals surface area contributed by atoms with Crippen LogP contribution in [0.2, 0.25) is 0 Å². The predicted molar refractivity (Wildman–Crippen MR) is 95.9 cm³/mol. The SMILES string of the molecule is CN(Cc1ccccc1)C(=O)c1c(-n2cnnn2)sc2c1CCCC2. The first-order valence-electron chi connectivity index (χ1n) is 8.41. The number of nitrogens with zero attached hydrogens (tertiary/aromatic N) is 5. The third-order valence-electron chi connectivity index (χ3n) is 4.53. The Kier molecular flexibility index (Phi) is 4.31. The fraction of sp³-hybridized carbons (Fsp3) is 0.333. The second-order valence-corrected chi connectivity index (χ2v) is 7.38. The average molecular weight is 353 g/mol. The summed E-state index contributed by atoms with van der Waals surface area (Å²) >= 11 is 1.64. The maximum atomic E-state index is 13.2. The van der Waals surface area contributed by atoms with Gasteiger partial charge in [-0.25, -0.2) is 0 Å². The van der Waals surface area contributed by atoms with Crippen molar-refractivity contribution in [2.75, 3.05) is 7.05 Å². The van der Waals surface area contributed by atoms with Crippen LogP contribution in [0, 0.1) is 0 Å². The second kappa shape index (κ2) is 6.76. The normalized spacial score (nSPS) is 13.5. The van der Waals surface area contributed by atoms with Crippen LogP contribution in [0.25, 0.3) is 5.00 Å². The number of carbonyl (C=O) groups excluding carboxylic acids is 1. The highest BCUT2D eigenvalue weighted by Gasteiger charge is 2.28. The number of carbonyl (C=O) groups is 1. The maximum absolute atomic E-state index is 13.2. The Balaban J connectivity index is 1.70. The standard InChI is InChI=1S/C18H19N5OS/c1-22(11-13-7-3-2-4-8-13)17(24)16-14-9-5-6-10-15(14)25-18(16)23-12-19-20-21-23/h2-4,7-8,12H,5-6,9-11H2,1H3. The molecule has 7 heteroatoms. The highest BCUT2D eigenvalue weighted by molar-refractivity contribution is 7.15. The van der Waals surface area contributed by atoms with Crippen LogP contribution < -0.4 is 0 Å².